The van der Waals surface area contributed by atoms with E-state index in [2.05, 4.69) is 5.32 Å². The van der Waals surface area contributed by atoms with E-state index in [9.17, 15) is 9.59 Å². The highest BCUT2D eigenvalue weighted by molar-refractivity contribution is 6.35. The first-order valence-corrected chi connectivity index (χ1v) is 7.84. The van der Waals surface area contributed by atoms with Crippen LogP contribution in [0, 0.1) is 0 Å². The molecule has 2 aromatic rings. The fourth-order valence-corrected chi connectivity index (χ4v) is 2.30. The van der Waals surface area contributed by atoms with Gasteiger partial charge in [0, 0.05) is 5.02 Å². The van der Waals surface area contributed by atoms with Crippen molar-refractivity contribution in [2.24, 2.45) is 0 Å². The Bertz CT molecular complexity index is 795. The summed E-state index contributed by atoms with van der Waals surface area (Å²) < 4.78 is 15.2. The number of anilines is 1. The molecular formula is C17H15Cl2NO5. The fraction of sp³-hybridized carbons (Fsp3) is 0.176. The maximum Gasteiger partial charge on any atom is 0.342 e. The van der Waals surface area contributed by atoms with Gasteiger partial charge in [0.15, 0.2) is 6.61 Å². The normalized spacial score (nSPS) is 10.1. The Morgan fingerprint density at radius 2 is 1.80 bits per heavy atom. The van der Waals surface area contributed by atoms with E-state index in [0.717, 1.165) is 0 Å². The first kappa shape index (κ1) is 18.9. The lowest BCUT2D eigenvalue weighted by atomic mass is 10.2. The molecule has 0 saturated heterocycles. The van der Waals surface area contributed by atoms with Crippen molar-refractivity contribution in [3.8, 4) is 11.5 Å². The number of esters is 1. The van der Waals surface area contributed by atoms with Crippen LogP contribution in [0.3, 0.4) is 0 Å². The molecule has 6 nitrogen and oxygen atoms in total. The lowest BCUT2D eigenvalue weighted by Crippen LogP contribution is -2.21. The molecule has 0 bridgehead atoms. The zero-order valence-electron chi connectivity index (χ0n) is 13.5. The fourth-order valence-electron chi connectivity index (χ4n) is 1.96. The third-order valence-electron chi connectivity index (χ3n) is 3.16. The summed E-state index contributed by atoms with van der Waals surface area (Å²) in [6.45, 7) is -0.498. The number of halogens is 2. The van der Waals surface area contributed by atoms with E-state index in [4.69, 9.17) is 37.4 Å². The van der Waals surface area contributed by atoms with Crippen molar-refractivity contribution >= 4 is 40.8 Å². The summed E-state index contributed by atoms with van der Waals surface area (Å²) in [6.07, 6.45) is 0. The third kappa shape index (κ3) is 5.01. The van der Waals surface area contributed by atoms with Gasteiger partial charge in [0.1, 0.15) is 17.1 Å². The zero-order chi connectivity index (χ0) is 18.4. The predicted molar refractivity (Wildman–Crippen MR) is 94.9 cm³/mol. The second-order valence-corrected chi connectivity index (χ2v) is 5.66. The maximum absolute atomic E-state index is 12.2. The molecule has 0 aromatic heterocycles. The smallest absolute Gasteiger partial charge is 0.342 e. The molecule has 25 heavy (non-hydrogen) atoms. The molecule has 0 heterocycles. The Kier molecular flexibility index (Phi) is 6.50. The van der Waals surface area contributed by atoms with E-state index in [-0.39, 0.29) is 5.56 Å². The lowest BCUT2D eigenvalue weighted by molar-refractivity contribution is -0.119. The Labute approximate surface area is 154 Å². The van der Waals surface area contributed by atoms with Gasteiger partial charge in [0.25, 0.3) is 5.91 Å². The average molecular weight is 384 g/mol. The number of benzene rings is 2. The minimum Gasteiger partial charge on any atom is -0.497 e. The van der Waals surface area contributed by atoms with Gasteiger partial charge in [-0.05, 0) is 36.4 Å². The van der Waals surface area contributed by atoms with Gasteiger partial charge in [-0.25, -0.2) is 4.79 Å². The minimum atomic E-state index is -0.719. The SMILES string of the molecule is COc1ccc(OC)c(C(=O)OCC(=O)Nc2cc(Cl)ccc2Cl)c1. The van der Waals surface area contributed by atoms with Crippen LogP contribution in [0.25, 0.3) is 0 Å². The summed E-state index contributed by atoms with van der Waals surface area (Å²) in [4.78, 5) is 24.1. The molecule has 0 aliphatic carbocycles. The number of rotatable bonds is 6. The summed E-state index contributed by atoms with van der Waals surface area (Å²) >= 11 is 11.8. The molecule has 0 fully saturated rings. The topological polar surface area (TPSA) is 73.9 Å². The highest BCUT2D eigenvalue weighted by atomic mass is 35.5. The van der Waals surface area contributed by atoms with E-state index >= 15 is 0 Å². The van der Waals surface area contributed by atoms with Crippen molar-refractivity contribution in [1.82, 2.24) is 0 Å². The Hall–Kier alpha value is -2.44. The molecule has 132 valence electrons. The first-order valence-electron chi connectivity index (χ1n) is 7.08. The third-order valence-corrected chi connectivity index (χ3v) is 3.73. The predicted octanol–water partition coefficient (Wildman–Crippen LogP) is 3.81. The van der Waals surface area contributed by atoms with Gasteiger partial charge >= 0.3 is 5.97 Å². The van der Waals surface area contributed by atoms with Gasteiger partial charge in [-0.15, -0.1) is 0 Å². The van der Waals surface area contributed by atoms with Gasteiger partial charge in [-0.1, -0.05) is 23.2 Å². The van der Waals surface area contributed by atoms with Gasteiger partial charge in [0.2, 0.25) is 0 Å². The number of carbonyl (C=O) groups is 2. The van der Waals surface area contributed by atoms with Crippen LogP contribution in [0.2, 0.25) is 10.0 Å². The molecule has 0 aliphatic rings. The molecule has 0 atom stereocenters. The summed E-state index contributed by atoms with van der Waals surface area (Å²) in [5.74, 6) is -0.505. The number of hydrogen-bond donors (Lipinski definition) is 1. The van der Waals surface area contributed by atoms with Crippen molar-refractivity contribution in [3.05, 3.63) is 52.0 Å². The van der Waals surface area contributed by atoms with Gasteiger partial charge < -0.3 is 19.5 Å². The van der Waals surface area contributed by atoms with Gasteiger partial charge in [-0.3, -0.25) is 4.79 Å². The Morgan fingerprint density at radius 1 is 1.04 bits per heavy atom. The molecule has 1 N–H and O–H groups in total. The summed E-state index contributed by atoms with van der Waals surface area (Å²) in [5.41, 5.74) is 0.476. The van der Waals surface area contributed by atoms with Crippen molar-refractivity contribution in [2.75, 3.05) is 26.1 Å². The number of hydrogen-bond acceptors (Lipinski definition) is 5. The van der Waals surface area contributed by atoms with Crippen LogP contribution in [0.4, 0.5) is 5.69 Å². The van der Waals surface area contributed by atoms with Crippen LogP contribution in [0.15, 0.2) is 36.4 Å². The summed E-state index contributed by atoms with van der Waals surface area (Å²) in [5, 5.41) is 3.25. The highest BCUT2D eigenvalue weighted by Crippen LogP contribution is 2.26. The van der Waals surface area contributed by atoms with Gasteiger partial charge in [0.05, 0.1) is 24.9 Å². The van der Waals surface area contributed by atoms with Crippen molar-refractivity contribution in [2.45, 2.75) is 0 Å². The van der Waals surface area contributed by atoms with Crippen LogP contribution in [0.1, 0.15) is 10.4 Å². The van der Waals surface area contributed by atoms with Gasteiger partial charge in [-0.2, -0.15) is 0 Å². The minimum absolute atomic E-state index is 0.149. The lowest BCUT2D eigenvalue weighted by Gasteiger charge is -2.11. The molecule has 2 aromatic carbocycles. The van der Waals surface area contributed by atoms with Crippen molar-refractivity contribution in [1.29, 1.82) is 0 Å². The molecule has 2 rings (SSSR count). The number of amides is 1. The quantitative estimate of drug-likeness (QED) is 0.767. The maximum atomic E-state index is 12.2. The Balaban J connectivity index is 2.02. The van der Waals surface area contributed by atoms with Crippen LogP contribution in [-0.4, -0.2) is 32.7 Å². The number of ether oxygens (including phenoxy) is 3. The van der Waals surface area contributed by atoms with Crippen LogP contribution >= 0.6 is 23.2 Å². The van der Waals surface area contributed by atoms with Crippen molar-refractivity contribution in [3.63, 3.8) is 0 Å². The zero-order valence-corrected chi connectivity index (χ0v) is 15.0. The molecule has 0 unspecified atom stereocenters. The van der Waals surface area contributed by atoms with Crippen LogP contribution < -0.4 is 14.8 Å². The van der Waals surface area contributed by atoms with E-state index in [1.54, 1.807) is 24.3 Å². The molecule has 0 spiro atoms. The Morgan fingerprint density at radius 3 is 2.48 bits per heavy atom. The monoisotopic (exact) mass is 383 g/mol. The van der Waals surface area contributed by atoms with Crippen molar-refractivity contribution < 1.29 is 23.8 Å². The average Bonchev–Trinajstić information content (AvgIpc) is 2.62. The second kappa shape index (κ2) is 8.60. The number of carbonyl (C=O) groups excluding carboxylic acids is 2. The number of nitrogens with one attached hydrogen (secondary N) is 1. The van der Waals surface area contributed by atoms with E-state index in [0.29, 0.717) is 27.2 Å². The molecular weight excluding hydrogens is 369 g/mol. The molecule has 0 radical (unpaired) electrons. The molecule has 8 heteroatoms. The molecule has 0 saturated carbocycles. The standard InChI is InChI=1S/C17H15Cl2NO5/c1-23-11-4-6-15(24-2)12(8-11)17(22)25-9-16(21)20-14-7-10(18)3-5-13(14)19/h3-8H,9H2,1-2H3,(H,20,21). The van der Waals surface area contributed by atoms with Crippen LogP contribution in [0.5, 0.6) is 11.5 Å². The molecule has 1 amide bonds. The summed E-state index contributed by atoms with van der Waals surface area (Å²) in [6, 6.07) is 9.31. The van der Waals surface area contributed by atoms with E-state index < -0.39 is 18.5 Å². The van der Waals surface area contributed by atoms with E-state index in [1.807, 2.05) is 0 Å². The van der Waals surface area contributed by atoms with E-state index in [1.165, 1.54) is 26.4 Å². The highest BCUT2D eigenvalue weighted by Gasteiger charge is 2.17. The first-order chi connectivity index (χ1) is 11.9. The number of methoxy groups -OCH3 is 2. The largest absolute Gasteiger partial charge is 0.497 e. The molecule has 0 aliphatic heterocycles. The second-order valence-electron chi connectivity index (χ2n) is 4.81. The summed E-state index contributed by atoms with van der Waals surface area (Å²) in [7, 11) is 2.89. The van der Waals surface area contributed by atoms with Crippen LogP contribution in [-0.2, 0) is 9.53 Å².